The average Bonchev–Trinajstić information content (AvgIpc) is 3.07. The first kappa shape index (κ1) is 14.8. The lowest BCUT2D eigenvalue weighted by atomic mass is 10.2. The zero-order valence-electron chi connectivity index (χ0n) is 12.3. The zero-order chi connectivity index (χ0) is 16.1. The van der Waals surface area contributed by atoms with Crippen molar-refractivity contribution in [3.05, 3.63) is 60.7 Å². The van der Waals surface area contributed by atoms with Crippen LogP contribution in [0.3, 0.4) is 0 Å². The van der Waals surface area contributed by atoms with Crippen molar-refractivity contribution < 1.29 is 14.0 Å². The number of para-hydroxylation sites is 1. The molecule has 6 nitrogen and oxygen atoms in total. The number of aromatic nitrogens is 1. The normalized spacial score (nSPS) is 10.4. The smallest absolute Gasteiger partial charge is 0.233 e. The highest BCUT2D eigenvalue weighted by Crippen LogP contribution is 2.20. The number of amides is 2. The Bertz CT molecular complexity index is 823. The van der Waals surface area contributed by atoms with Gasteiger partial charge in [-0.15, -0.1) is 0 Å². The number of benzene rings is 1. The van der Waals surface area contributed by atoms with Crippen molar-refractivity contribution in [1.29, 1.82) is 0 Å². The summed E-state index contributed by atoms with van der Waals surface area (Å²) in [6, 6.07) is 12.7. The number of hydrogen-bond donors (Lipinski definition) is 2. The Labute approximate surface area is 132 Å². The second kappa shape index (κ2) is 6.74. The summed E-state index contributed by atoms with van der Waals surface area (Å²) >= 11 is 0. The molecule has 0 fully saturated rings. The molecule has 0 saturated carbocycles. The highest BCUT2D eigenvalue weighted by atomic mass is 16.3. The fourth-order valence-corrected chi connectivity index (χ4v) is 2.21. The number of rotatable bonds is 5. The molecule has 0 atom stereocenters. The van der Waals surface area contributed by atoms with E-state index in [1.54, 1.807) is 24.4 Å². The van der Waals surface area contributed by atoms with E-state index in [4.69, 9.17) is 4.42 Å². The van der Waals surface area contributed by atoms with E-state index >= 15 is 0 Å². The highest BCUT2D eigenvalue weighted by Gasteiger charge is 2.11. The van der Waals surface area contributed by atoms with Crippen LogP contribution in [0.15, 0.2) is 59.3 Å². The first-order valence-corrected chi connectivity index (χ1v) is 7.15. The molecule has 23 heavy (non-hydrogen) atoms. The number of pyridine rings is 1. The van der Waals surface area contributed by atoms with Crippen molar-refractivity contribution in [3.8, 4) is 0 Å². The monoisotopic (exact) mass is 309 g/mol. The van der Waals surface area contributed by atoms with Crippen LogP contribution in [0.25, 0.3) is 10.9 Å². The fraction of sp³-hybridized carbons (Fsp3) is 0.118. The molecule has 0 unspecified atom stereocenters. The summed E-state index contributed by atoms with van der Waals surface area (Å²) in [6.45, 7) is 0.259. The molecule has 2 aromatic heterocycles. The number of nitrogens with zero attached hydrogens (tertiary/aromatic N) is 1. The van der Waals surface area contributed by atoms with Crippen molar-refractivity contribution in [1.82, 2.24) is 10.3 Å². The van der Waals surface area contributed by atoms with Crippen molar-refractivity contribution in [3.63, 3.8) is 0 Å². The van der Waals surface area contributed by atoms with Crippen LogP contribution < -0.4 is 10.6 Å². The Morgan fingerprint density at radius 3 is 2.74 bits per heavy atom. The van der Waals surface area contributed by atoms with E-state index in [9.17, 15) is 9.59 Å². The molecule has 1 aromatic carbocycles. The van der Waals surface area contributed by atoms with Crippen LogP contribution >= 0.6 is 0 Å². The van der Waals surface area contributed by atoms with Crippen molar-refractivity contribution in [2.45, 2.75) is 13.0 Å². The number of anilines is 1. The molecule has 0 bridgehead atoms. The Kier molecular flexibility index (Phi) is 4.33. The van der Waals surface area contributed by atoms with Gasteiger partial charge in [-0.05, 0) is 24.3 Å². The van der Waals surface area contributed by atoms with Gasteiger partial charge >= 0.3 is 0 Å². The van der Waals surface area contributed by atoms with Gasteiger partial charge in [0, 0.05) is 11.6 Å². The molecule has 116 valence electrons. The van der Waals surface area contributed by atoms with Crippen LogP contribution in [0.2, 0.25) is 0 Å². The lowest BCUT2D eigenvalue weighted by Crippen LogP contribution is -2.27. The summed E-state index contributed by atoms with van der Waals surface area (Å²) in [5, 5.41) is 6.28. The SMILES string of the molecule is O=C(CC(=O)Nc1cccc2cccnc12)NCc1ccco1. The molecular weight excluding hydrogens is 294 g/mol. The second-order valence-corrected chi connectivity index (χ2v) is 4.96. The predicted octanol–water partition coefficient (Wildman–Crippen LogP) is 2.47. The zero-order valence-corrected chi connectivity index (χ0v) is 12.3. The number of nitrogens with one attached hydrogen (secondary N) is 2. The molecule has 0 aliphatic carbocycles. The topological polar surface area (TPSA) is 84.2 Å². The molecular formula is C17H15N3O3. The third-order valence-corrected chi connectivity index (χ3v) is 3.27. The van der Waals surface area contributed by atoms with E-state index in [1.165, 1.54) is 6.26 Å². The van der Waals surface area contributed by atoms with E-state index in [0.717, 1.165) is 5.39 Å². The molecule has 3 rings (SSSR count). The highest BCUT2D eigenvalue weighted by molar-refractivity contribution is 6.06. The minimum Gasteiger partial charge on any atom is -0.467 e. The van der Waals surface area contributed by atoms with Crippen molar-refractivity contribution in [2.75, 3.05) is 5.32 Å². The van der Waals surface area contributed by atoms with Crippen molar-refractivity contribution >= 4 is 28.4 Å². The van der Waals surface area contributed by atoms with Gasteiger partial charge in [-0.25, -0.2) is 0 Å². The van der Waals surface area contributed by atoms with Gasteiger partial charge in [-0.1, -0.05) is 18.2 Å². The lowest BCUT2D eigenvalue weighted by Gasteiger charge is -2.08. The molecule has 2 N–H and O–H groups in total. The molecule has 0 aliphatic rings. The lowest BCUT2D eigenvalue weighted by molar-refractivity contribution is -0.127. The third kappa shape index (κ3) is 3.74. The maximum Gasteiger partial charge on any atom is 0.233 e. The van der Waals surface area contributed by atoms with Crippen LogP contribution in [0.4, 0.5) is 5.69 Å². The summed E-state index contributed by atoms with van der Waals surface area (Å²) in [6.07, 6.45) is 2.93. The van der Waals surface area contributed by atoms with Crippen LogP contribution in [-0.2, 0) is 16.1 Å². The summed E-state index contributed by atoms with van der Waals surface area (Å²) in [4.78, 5) is 28.0. The number of hydrogen-bond acceptors (Lipinski definition) is 4. The van der Waals surface area contributed by atoms with Crippen LogP contribution in [-0.4, -0.2) is 16.8 Å². The average molecular weight is 309 g/mol. The summed E-state index contributed by atoms with van der Waals surface area (Å²) in [5.41, 5.74) is 1.28. The van der Waals surface area contributed by atoms with Gasteiger partial charge in [-0.3, -0.25) is 14.6 Å². The molecule has 0 aliphatic heterocycles. The maximum absolute atomic E-state index is 12.0. The van der Waals surface area contributed by atoms with E-state index in [1.807, 2.05) is 24.3 Å². The van der Waals surface area contributed by atoms with Gasteiger partial charge in [0.2, 0.25) is 11.8 Å². The Hall–Kier alpha value is -3.15. The molecule has 6 heteroatoms. The third-order valence-electron chi connectivity index (χ3n) is 3.27. The summed E-state index contributed by atoms with van der Waals surface area (Å²) in [7, 11) is 0. The summed E-state index contributed by atoms with van der Waals surface area (Å²) < 4.78 is 5.11. The number of carbonyl (C=O) groups is 2. The van der Waals surface area contributed by atoms with Crippen molar-refractivity contribution in [2.24, 2.45) is 0 Å². The van der Waals surface area contributed by atoms with Gasteiger partial charge in [0.25, 0.3) is 0 Å². The molecule has 3 aromatic rings. The first-order chi connectivity index (χ1) is 11.2. The molecule has 2 amide bonds. The Morgan fingerprint density at radius 2 is 1.91 bits per heavy atom. The summed E-state index contributed by atoms with van der Waals surface area (Å²) in [5.74, 6) is -0.121. The quantitative estimate of drug-likeness (QED) is 0.709. The number of fused-ring (bicyclic) bond motifs is 1. The molecule has 0 radical (unpaired) electrons. The minimum atomic E-state index is -0.389. The van der Waals surface area contributed by atoms with Gasteiger partial charge in [-0.2, -0.15) is 0 Å². The van der Waals surface area contributed by atoms with Crippen LogP contribution in [0, 0.1) is 0 Å². The molecule has 0 saturated heterocycles. The molecule has 0 spiro atoms. The Morgan fingerprint density at radius 1 is 1.04 bits per heavy atom. The standard InChI is InChI=1S/C17H15N3O3/c21-15(19-11-13-6-3-9-23-13)10-16(22)20-14-7-1-4-12-5-2-8-18-17(12)14/h1-9H,10-11H2,(H,19,21)(H,20,22). The van der Waals surface area contributed by atoms with E-state index in [-0.39, 0.29) is 24.8 Å². The Balaban J connectivity index is 1.59. The van der Waals surface area contributed by atoms with Gasteiger partial charge in [0.15, 0.2) is 0 Å². The number of furan rings is 1. The minimum absolute atomic E-state index is 0.259. The van der Waals surface area contributed by atoms with E-state index < -0.39 is 0 Å². The van der Waals surface area contributed by atoms with Crippen LogP contribution in [0.1, 0.15) is 12.2 Å². The first-order valence-electron chi connectivity index (χ1n) is 7.15. The predicted molar refractivity (Wildman–Crippen MR) is 85.5 cm³/mol. The van der Waals surface area contributed by atoms with Crippen LogP contribution in [0.5, 0.6) is 0 Å². The largest absolute Gasteiger partial charge is 0.467 e. The van der Waals surface area contributed by atoms with Gasteiger partial charge in [0.1, 0.15) is 12.2 Å². The second-order valence-electron chi connectivity index (χ2n) is 4.96. The number of carbonyl (C=O) groups excluding carboxylic acids is 2. The maximum atomic E-state index is 12.0. The van der Waals surface area contributed by atoms with Gasteiger partial charge in [0.05, 0.1) is 24.0 Å². The van der Waals surface area contributed by atoms with E-state index in [0.29, 0.717) is 17.0 Å². The van der Waals surface area contributed by atoms with Gasteiger partial charge < -0.3 is 15.1 Å². The molecule has 2 heterocycles. The van der Waals surface area contributed by atoms with E-state index in [2.05, 4.69) is 15.6 Å². The fourth-order valence-electron chi connectivity index (χ4n) is 2.21.